The summed E-state index contributed by atoms with van der Waals surface area (Å²) in [7, 11) is 0. The van der Waals surface area contributed by atoms with Crippen molar-refractivity contribution in [2.45, 2.75) is 13.8 Å². The summed E-state index contributed by atoms with van der Waals surface area (Å²) in [5.41, 5.74) is 2.12. The first-order valence-electron chi connectivity index (χ1n) is 7.05. The van der Waals surface area contributed by atoms with Gasteiger partial charge < -0.3 is 0 Å². The fourth-order valence-electron chi connectivity index (χ4n) is 1.56. The van der Waals surface area contributed by atoms with E-state index in [0.29, 0.717) is 0 Å². The molecule has 0 amide bonds. The van der Waals surface area contributed by atoms with Crippen molar-refractivity contribution >= 4 is 23.7 Å². The van der Waals surface area contributed by atoms with Crippen LogP contribution in [-0.4, -0.2) is 11.6 Å². The standard InChI is InChI=1S/2C10H10O.Pd/c2*1-9(11)7-8-10-5-3-2-4-6-10;/h2*2-8H,1H3;. The van der Waals surface area contributed by atoms with E-state index in [1.165, 1.54) is 0 Å². The molecule has 0 aliphatic heterocycles. The molecular formula is C20H20O2Pd. The predicted molar refractivity (Wildman–Crippen MR) is 92.3 cm³/mol. The van der Waals surface area contributed by atoms with Gasteiger partial charge >= 0.3 is 0 Å². The van der Waals surface area contributed by atoms with Crippen LogP contribution in [0.3, 0.4) is 0 Å². The van der Waals surface area contributed by atoms with Crippen molar-refractivity contribution in [3.63, 3.8) is 0 Å². The summed E-state index contributed by atoms with van der Waals surface area (Å²) >= 11 is 0. The number of hydrogen-bond donors (Lipinski definition) is 0. The van der Waals surface area contributed by atoms with E-state index >= 15 is 0 Å². The third-order valence-corrected chi connectivity index (χ3v) is 2.62. The molecule has 0 bridgehead atoms. The minimum atomic E-state index is 0. The number of rotatable bonds is 4. The number of carbonyl (C=O) groups excluding carboxylic acids is 2. The Bertz CT molecular complexity index is 584. The maximum Gasteiger partial charge on any atom is 0.152 e. The maximum atomic E-state index is 10.5. The maximum absolute atomic E-state index is 10.5. The molecule has 0 spiro atoms. The number of carbonyl (C=O) groups is 2. The SMILES string of the molecule is CC(=O)C=Cc1ccccc1.CC(=O)C=Cc1ccccc1.[Pd]. The molecule has 2 aromatic carbocycles. The molecule has 3 heteroatoms. The number of ketones is 2. The van der Waals surface area contributed by atoms with Crippen LogP contribution in [0.5, 0.6) is 0 Å². The Labute approximate surface area is 151 Å². The third kappa shape index (κ3) is 11.2. The molecule has 0 N–H and O–H groups in total. The fraction of sp³-hybridized carbons (Fsp3) is 0.100. The minimum absolute atomic E-state index is 0. The number of allylic oxidation sites excluding steroid dienone is 2. The average molecular weight is 399 g/mol. The van der Waals surface area contributed by atoms with Crippen LogP contribution in [0.25, 0.3) is 12.2 Å². The van der Waals surface area contributed by atoms with E-state index < -0.39 is 0 Å². The fourth-order valence-corrected chi connectivity index (χ4v) is 1.56. The molecule has 0 aliphatic carbocycles. The molecule has 0 atom stereocenters. The van der Waals surface area contributed by atoms with Crippen LogP contribution in [0.15, 0.2) is 72.8 Å². The molecule has 0 fully saturated rings. The zero-order chi connectivity index (χ0) is 16.2. The largest absolute Gasteiger partial charge is 0.295 e. The Balaban J connectivity index is 0.000000403. The van der Waals surface area contributed by atoms with E-state index in [0.717, 1.165) is 11.1 Å². The molecule has 0 heterocycles. The van der Waals surface area contributed by atoms with Gasteiger partial charge in [-0.15, -0.1) is 0 Å². The van der Waals surface area contributed by atoms with Crippen molar-refractivity contribution in [1.29, 1.82) is 0 Å². The molecule has 0 aliphatic rings. The average Bonchev–Trinajstić information content (AvgIpc) is 2.53. The van der Waals surface area contributed by atoms with Gasteiger partial charge in [0.2, 0.25) is 0 Å². The molecule has 2 rings (SSSR count). The van der Waals surface area contributed by atoms with Crippen LogP contribution < -0.4 is 0 Å². The second-order valence-corrected chi connectivity index (χ2v) is 4.71. The van der Waals surface area contributed by atoms with Gasteiger partial charge in [0.15, 0.2) is 11.6 Å². The zero-order valence-corrected chi connectivity index (χ0v) is 14.8. The summed E-state index contributed by atoms with van der Waals surface area (Å²) < 4.78 is 0. The first-order chi connectivity index (χ1) is 10.6. The molecule has 0 saturated carbocycles. The predicted octanol–water partition coefficient (Wildman–Crippen LogP) is 4.58. The van der Waals surface area contributed by atoms with Crippen molar-refractivity contribution < 1.29 is 30.0 Å². The van der Waals surface area contributed by atoms with Crippen molar-refractivity contribution in [2.24, 2.45) is 0 Å². The van der Waals surface area contributed by atoms with Crippen molar-refractivity contribution in [3.8, 4) is 0 Å². The van der Waals surface area contributed by atoms with Crippen molar-refractivity contribution in [3.05, 3.63) is 83.9 Å². The van der Waals surface area contributed by atoms with Gasteiger partial charge in [-0.25, -0.2) is 0 Å². The zero-order valence-electron chi connectivity index (χ0n) is 13.2. The van der Waals surface area contributed by atoms with Crippen LogP contribution in [0, 0.1) is 0 Å². The first-order valence-corrected chi connectivity index (χ1v) is 7.05. The van der Waals surface area contributed by atoms with E-state index in [-0.39, 0.29) is 32.0 Å². The monoisotopic (exact) mass is 398 g/mol. The van der Waals surface area contributed by atoms with Crippen LogP contribution in [-0.2, 0) is 30.0 Å². The van der Waals surface area contributed by atoms with Crippen LogP contribution in [0.2, 0.25) is 0 Å². The van der Waals surface area contributed by atoms with Crippen LogP contribution in [0.1, 0.15) is 25.0 Å². The molecule has 2 nitrogen and oxygen atoms in total. The molecule has 0 unspecified atom stereocenters. The van der Waals surface area contributed by atoms with Crippen molar-refractivity contribution in [2.75, 3.05) is 0 Å². The Morgan fingerprint density at radius 1 is 0.652 bits per heavy atom. The molecule has 122 valence electrons. The van der Waals surface area contributed by atoms with Gasteiger partial charge in [0.25, 0.3) is 0 Å². The van der Waals surface area contributed by atoms with Gasteiger partial charge in [-0.1, -0.05) is 72.8 Å². The normalized spacial score (nSPS) is 9.83. The second kappa shape index (κ2) is 12.5. The van der Waals surface area contributed by atoms with Gasteiger partial charge in [-0.05, 0) is 37.1 Å². The van der Waals surface area contributed by atoms with E-state index in [4.69, 9.17) is 0 Å². The molecule has 0 radical (unpaired) electrons. The van der Waals surface area contributed by atoms with Crippen molar-refractivity contribution in [1.82, 2.24) is 0 Å². The third-order valence-electron chi connectivity index (χ3n) is 2.62. The van der Waals surface area contributed by atoms with Gasteiger partial charge in [-0.2, -0.15) is 0 Å². The Morgan fingerprint density at radius 3 is 1.22 bits per heavy atom. The van der Waals surface area contributed by atoms with Crippen LogP contribution >= 0.6 is 0 Å². The summed E-state index contributed by atoms with van der Waals surface area (Å²) in [4.78, 5) is 21.1. The van der Waals surface area contributed by atoms with E-state index in [1.54, 1.807) is 26.0 Å². The first kappa shape index (κ1) is 20.9. The number of hydrogen-bond acceptors (Lipinski definition) is 2. The molecule has 0 saturated heterocycles. The topological polar surface area (TPSA) is 34.1 Å². The van der Waals surface area contributed by atoms with E-state index in [1.807, 2.05) is 72.8 Å². The van der Waals surface area contributed by atoms with Gasteiger partial charge in [0, 0.05) is 20.4 Å². The smallest absolute Gasteiger partial charge is 0.152 e. The molecular weight excluding hydrogens is 379 g/mol. The van der Waals surface area contributed by atoms with Gasteiger partial charge in [0.05, 0.1) is 0 Å². The quantitative estimate of drug-likeness (QED) is 0.558. The number of benzene rings is 2. The summed E-state index contributed by atoms with van der Waals surface area (Å²) in [5.74, 6) is 0.155. The molecule has 0 aromatic heterocycles. The summed E-state index contributed by atoms with van der Waals surface area (Å²) in [6.45, 7) is 3.08. The Morgan fingerprint density at radius 2 is 0.957 bits per heavy atom. The van der Waals surface area contributed by atoms with E-state index in [2.05, 4.69) is 0 Å². The van der Waals surface area contributed by atoms with Crippen LogP contribution in [0.4, 0.5) is 0 Å². The minimum Gasteiger partial charge on any atom is -0.295 e. The van der Waals surface area contributed by atoms with Gasteiger partial charge in [0.1, 0.15) is 0 Å². The Hall–Kier alpha value is -2.08. The molecule has 23 heavy (non-hydrogen) atoms. The Kier molecular flexibility index (Phi) is 11.3. The van der Waals surface area contributed by atoms with Gasteiger partial charge in [-0.3, -0.25) is 9.59 Å². The summed E-state index contributed by atoms with van der Waals surface area (Å²) in [6.07, 6.45) is 6.75. The second-order valence-electron chi connectivity index (χ2n) is 4.71. The summed E-state index contributed by atoms with van der Waals surface area (Å²) in [5, 5.41) is 0. The molecule has 2 aromatic rings. The van der Waals surface area contributed by atoms with E-state index in [9.17, 15) is 9.59 Å². The summed E-state index contributed by atoms with van der Waals surface area (Å²) in [6, 6.07) is 19.5.